The third-order valence-electron chi connectivity index (χ3n) is 4.41. The van der Waals surface area contributed by atoms with Crippen LogP contribution in [0.3, 0.4) is 0 Å². The summed E-state index contributed by atoms with van der Waals surface area (Å²) in [6, 6.07) is 14.1. The van der Waals surface area contributed by atoms with E-state index in [9.17, 15) is 18.0 Å². The van der Waals surface area contributed by atoms with Gasteiger partial charge in [0, 0.05) is 24.5 Å². The Bertz CT molecular complexity index is 1200. The predicted molar refractivity (Wildman–Crippen MR) is 107 cm³/mol. The van der Waals surface area contributed by atoms with Gasteiger partial charge < -0.3 is 10.1 Å². The number of anilines is 2. The lowest BCUT2D eigenvalue weighted by molar-refractivity contribution is -0.125. The van der Waals surface area contributed by atoms with Gasteiger partial charge in [0.2, 0.25) is 5.95 Å². The Morgan fingerprint density at radius 1 is 1.00 bits per heavy atom. The molecule has 0 saturated heterocycles. The van der Waals surface area contributed by atoms with E-state index in [1.807, 2.05) is 0 Å². The van der Waals surface area contributed by atoms with Crippen LogP contribution in [0.15, 0.2) is 71.9 Å². The number of hydrogen-bond donors (Lipinski definition) is 2. The van der Waals surface area contributed by atoms with Gasteiger partial charge in [-0.25, -0.2) is 27.9 Å². The maximum absolute atomic E-state index is 12.5. The lowest BCUT2D eigenvalue weighted by atomic mass is 9.98. The molecular formula is C20H16N4O5S. The topological polar surface area (TPSA) is 127 Å². The highest BCUT2D eigenvalue weighted by Gasteiger charge is 2.31. The van der Waals surface area contributed by atoms with Gasteiger partial charge in [-0.05, 0) is 42.0 Å². The summed E-state index contributed by atoms with van der Waals surface area (Å²) in [5.74, 6) is -1.09. The van der Waals surface area contributed by atoms with E-state index in [0.717, 1.165) is 5.56 Å². The summed E-state index contributed by atoms with van der Waals surface area (Å²) in [5.41, 5.74) is 1.56. The third kappa shape index (κ3) is 4.13. The second-order valence-electron chi connectivity index (χ2n) is 6.45. The highest BCUT2D eigenvalue weighted by Crippen LogP contribution is 2.22. The van der Waals surface area contributed by atoms with E-state index >= 15 is 0 Å². The van der Waals surface area contributed by atoms with Crippen LogP contribution in [0.25, 0.3) is 0 Å². The van der Waals surface area contributed by atoms with Crippen molar-refractivity contribution in [2.45, 2.75) is 17.4 Å². The van der Waals surface area contributed by atoms with Gasteiger partial charge in [0.05, 0.1) is 10.5 Å². The molecule has 1 aliphatic heterocycles. The van der Waals surface area contributed by atoms with Crippen molar-refractivity contribution in [3.8, 4) is 0 Å². The molecule has 0 saturated carbocycles. The van der Waals surface area contributed by atoms with Gasteiger partial charge in [0.15, 0.2) is 6.10 Å². The molecule has 1 aromatic heterocycles. The molecule has 4 rings (SSSR count). The number of carbonyl (C=O) groups is 2. The lowest BCUT2D eigenvalue weighted by Gasteiger charge is -2.23. The van der Waals surface area contributed by atoms with E-state index in [1.165, 1.54) is 36.7 Å². The molecule has 2 heterocycles. The highest BCUT2D eigenvalue weighted by molar-refractivity contribution is 7.92. The Morgan fingerprint density at radius 3 is 2.43 bits per heavy atom. The van der Waals surface area contributed by atoms with Gasteiger partial charge in [-0.1, -0.05) is 18.2 Å². The monoisotopic (exact) mass is 424 g/mol. The summed E-state index contributed by atoms with van der Waals surface area (Å²) in [5, 5.41) is 2.64. The summed E-state index contributed by atoms with van der Waals surface area (Å²) in [6.07, 6.45) is 2.13. The van der Waals surface area contributed by atoms with Gasteiger partial charge in [0.25, 0.3) is 15.9 Å². The van der Waals surface area contributed by atoms with E-state index in [1.54, 1.807) is 30.3 Å². The first-order valence-electron chi connectivity index (χ1n) is 8.92. The molecule has 0 aliphatic carbocycles. The molecule has 9 nitrogen and oxygen atoms in total. The first-order valence-corrected chi connectivity index (χ1v) is 10.4. The number of nitrogens with zero attached hydrogens (tertiary/aromatic N) is 2. The number of esters is 1. The number of cyclic esters (lactones) is 1. The Kier molecular flexibility index (Phi) is 5.15. The van der Waals surface area contributed by atoms with E-state index in [4.69, 9.17) is 4.74 Å². The van der Waals surface area contributed by atoms with Crippen LogP contribution in [0.2, 0.25) is 0 Å². The van der Waals surface area contributed by atoms with Crippen molar-refractivity contribution in [2.24, 2.45) is 0 Å². The lowest BCUT2D eigenvalue weighted by Crippen LogP contribution is -2.37. The number of carbonyl (C=O) groups excluding carboxylic acids is 2. The van der Waals surface area contributed by atoms with Crippen molar-refractivity contribution in [3.63, 3.8) is 0 Å². The summed E-state index contributed by atoms with van der Waals surface area (Å²) in [4.78, 5) is 32.2. The Hall–Kier alpha value is -3.79. The van der Waals surface area contributed by atoms with Crippen molar-refractivity contribution in [1.82, 2.24) is 9.97 Å². The molecule has 10 heteroatoms. The molecule has 3 aromatic rings. The van der Waals surface area contributed by atoms with Crippen LogP contribution in [0.5, 0.6) is 0 Å². The number of amides is 1. The Labute approximate surface area is 172 Å². The number of benzene rings is 2. The molecule has 0 bridgehead atoms. The van der Waals surface area contributed by atoms with E-state index in [2.05, 4.69) is 20.0 Å². The zero-order valence-electron chi connectivity index (χ0n) is 15.5. The van der Waals surface area contributed by atoms with E-state index in [-0.39, 0.29) is 17.3 Å². The van der Waals surface area contributed by atoms with Crippen molar-refractivity contribution < 1.29 is 22.7 Å². The zero-order chi connectivity index (χ0) is 21.1. The van der Waals surface area contributed by atoms with Crippen molar-refractivity contribution in [2.75, 3.05) is 10.0 Å². The molecule has 1 aliphatic rings. The zero-order valence-corrected chi connectivity index (χ0v) is 16.3. The fourth-order valence-electron chi connectivity index (χ4n) is 2.95. The maximum Gasteiger partial charge on any atom is 0.339 e. The van der Waals surface area contributed by atoms with Gasteiger partial charge in [-0.2, -0.15) is 0 Å². The van der Waals surface area contributed by atoms with Gasteiger partial charge in [-0.3, -0.25) is 4.79 Å². The normalized spacial score (nSPS) is 15.6. The molecule has 1 atom stereocenters. The van der Waals surface area contributed by atoms with Gasteiger partial charge >= 0.3 is 5.97 Å². The quantitative estimate of drug-likeness (QED) is 0.600. The Balaban J connectivity index is 1.44. The molecular weight excluding hydrogens is 408 g/mol. The molecule has 2 N–H and O–H groups in total. The van der Waals surface area contributed by atoms with Crippen LogP contribution in [0, 0.1) is 0 Å². The van der Waals surface area contributed by atoms with Crippen molar-refractivity contribution in [1.29, 1.82) is 0 Å². The second kappa shape index (κ2) is 7.91. The van der Waals surface area contributed by atoms with Crippen LogP contribution >= 0.6 is 0 Å². The average Bonchev–Trinajstić information content (AvgIpc) is 2.74. The van der Waals surface area contributed by atoms with E-state index < -0.39 is 28.0 Å². The molecule has 30 heavy (non-hydrogen) atoms. The van der Waals surface area contributed by atoms with Crippen molar-refractivity contribution in [3.05, 3.63) is 78.1 Å². The minimum Gasteiger partial charge on any atom is -0.448 e. The fourth-order valence-corrected chi connectivity index (χ4v) is 3.91. The van der Waals surface area contributed by atoms with Crippen molar-refractivity contribution >= 4 is 33.5 Å². The molecule has 0 spiro atoms. The Morgan fingerprint density at radius 2 is 1.70 bits per heavy atom. The number of sulfonamides is 1. The minimum atomic E-state index is -3.88. The number of fused-ring (bicyclic) bond motifs is 1. The number of rotatable bonds is 5. The smallest absolute Gasteiger partial charge is 0.339 e. The number of aromatic nitrogens is 2. The predicted octanol–water partition coefficient (Wildman–Crippen LogP) is 2.00. The van der Waals surface area contributed by atoms with E-state index in [0.29, 0.717) is 11.3 Å². The largest absolute Gasteiger partial charge is 0.448 e. The minimum absolute atomic E-state index is 0.0222. The molecule has 2 aromatic carbocycles. The first-order chi connectivity index (χ1) is 14.4. The molecule has 0 radical (unpaired) electrons. The number of hydrogen-bond acceptors (Lipinski definition) is 7. The number of nitrogens with one attached hydrogen (secondary N) is 2. The highest BCUT2D eigenvalue weighted by atomic mass is 32.2. The fraction of sp³-hybridized carbons (Fsp3) is 0.100. The van der Waals surface area contributed by atoms with Crippen LogP contribution < -0.4 is 10.0 Å². The molecule has 152 valence electrons. The second-order valence-corrected chi connectivity index (χ2v) is 8.13. The van der Waals surface area contributed by atoms with Crippen LogP contribution in [0.1, 0.15) is 15.9 Å². The van der Waals surface area contributed by atoms with Gasteiger partial charge in [-0.15, -0.1) is 0 Å². The van der Waals surface area contributed by atoms with Gasteiger partial charge in [0.1, 0.15) is 0 Å². The SMILES string of the molecule is O=C1O[C@H](C(=O)Nc2ccc(S(=O)(=O)Nc3ncccn3)cc2)Cc2ccccc21. The number of ether oxygens (including phenoxy) is 1. The average molecular weight is 424 g/mol. The van der Waals surface area contributed by atoms with Crippen LogP contribution in [0.4, 0.5) is 11.6 Å². The summed E-state index contributed by atoms with van der Waals surface area (Å²) in [7, 11) is -3.88. The third-order valence-corrected chi connectivity index (χ3v) is 5.75. The standard InChI is InChI=1S/C20H16N4O5S/c25-18(17-12-13-4-1-2-5-16(13)19(26)29-17)23-14-6-8-15(9-7-14)30(27,28)24-20-21-10-3-11-22-20/h1-11,17H,12H2,(H,23,25)(H,21,22,24)/t17-/m0/s1. The maximum atomic E-state index is 12.5. The molecule has 0 unspecified atom stereocenters. The summed E-state index contributed by atoms with van der Waals surface area (Å²) in [6.45, 7) is 0. The molecule has 0 fully saturated rings. The first kappa shape index (κ1) is 19.5. The van der Waals surface area contributed by atoms with Crippen LogP contribution in [-0.4, -0.2) is 36.4 Å². The molecule has 1 amide bonds. The summed E-state index contributed by atoms with van der Waals surface area (Å²) >= 11 is 0. The van der Waals surface area contributed by atoms with Crippen LogP contribution in [-0.2, 0) is 26.0 Å². The summed E-state index contributed by atoms with van der Waals surface area (Å²) < 4.78 is 32.3.